The molecule has 0 saturated heterocycles. The number of rotatable bonds is 10. The second-order valence-corrected chi connectivity index (χ2v) is 11.1. The van der Waals surface area contributed by atoms with Crippen LogP contribution in [0.25, 0.3) is 16.3 Å². The molecule has 0 amide bonds. The normalized spacial score (nSPS) is 11.4. The van der Waals surface area contributed by atoms with E-state index in [1.54, 1.807) is 10.9 Å². The lowest BCUT2D eigenvalue weighted by atomic mass is 10.2. The Morgan fingerprint density at radius 1 is 1.02 bits per heavy atom. The molecule has 5 rings (SSSR count). The summed E-state index contributed by atoms with van der Waals surface area (Å²) in [6.07, 6.45) is 3.25. The summed E-state index contributed by atoms with van der Waals surface area (Å²) in [7, 11) is -4.35. The third-order valence-corrected chi connectivity index (χ3v) is 8.02. The summed E-state index contributed by atoms with van der Waals surface area (Å²) >= 11 is 1.50. The van der Waals surface area contributed by atoms with Crippen LogP contribution in [0.5, 0.6) is 0 Å². The van der Waals surface area contributed by atoms with Gasteiger partial charge in [0.05, 0.1) is 37.8 Å². The Labute approximate surface area is 237 Å². The lowest BCUT2D eigenvalue weighted by Crippen LogP contribution is -2.16. The van der Waals surface area contributed by atoms with Crippen molar-refractivity contribution in [1.82, 2.24) is 9.78 Å². The number of nitrogens with zero attached hydrogens (tertiary/aromatic N) is 4. The van der Waals surface area contributed by atoms with Crippen molar-refractivity contribution >= 4 is 50.6 Å². The Hall–Kier alpha value is -5.34. The van der Waals surface area contributed by atoms with E-state index in [1.165, 1.54) is 47.9 Å². The maximum Gasteiger partial charge on any atom is 0.337 e. The summed E-state index contributed by atoms with van der Waals surface area (Å²) in [5.74, 6) is -1.33. The zero-order chi connectivity index (χ0) is 29.0. The highest BCUT2D eigenvalue weighted by atomic mass is 32.2. The average Bonchev–Trinajstić information content (AvgIpc) is 3.64. The van der Waals surface area contributed by atoms with Gasteiger partial charge in [-0.1, -0.05) is 36.4 Å². The number of aromatic carboxylic acids is 1. The van der Waals surface area contributed by atoms with Crippen molar-refractivity contribution in [1.29, 1.82) is 0 Å². The van der Waals surface area contributed by atoms with E-state index in [-0.39, 0.29) is 16.9 Å². The summed E-state index contributed by atoms with van der Waals surface area (Å²) in [4.78, 5) is 23.0. The van der Waals surface area contributed by atoms with Crippen LogP contribution in [-0.2, 0) is 10.0 Å². The van der Waals surface area contributed by atoms with Gasteiger partial charge in [-0.2, -0.15) is 10.2 Å². The van der Waals surface area contributed by atoms with Crippen LogP contribution in [0.1, 0.15) is 15.9 Å². The summed E-state index contributed by atoms with van der Waals surface area (Å²) < 4.78 is 29.8. The molecule has 2 heterocycles. The molecule has 3 aromatic carbocycles. The minimum absolute atomic E-state index is 0.0516. The molecular formula is C27H20N6O6S2. The molecular weight excluding hydrogens is 568 g/mol. The third kappa shape index (κ3) is 5.98. The molecule has 0 fully saturated rings. The van der Waals surface area contributed by atoms with E-state index in [9.17, 15) is 28.4 Å². The second-order valence-electron chi connectivity index (χ2n) is 8.45. The fraction of sp³-hybridized carbons (Fsp3) is 0. The molecule has 0 atom stereocenters. The van der Waals surface area contributed by atoms with Gasteiger partial charge < -0.3 is 5.11 Å². The van der Waals surface area contributed by atoms with E-state index >= 15 is 0 Å². The Balaban J connectivity index is 1.42. The molecule has 0 bridgehead atoms. The number of thiophene rings is 1. The minimum atomic E-state index is -4.35. The first-order valence-electron chi connectivity index (χ1n) is 11.8. The van der Waals surface area contributed by atoms with Gasteiger partial charge in [-0.25, -0.2) is 17.9 Å². The predicted octanol–water partition coefficient (Wildman–Crippen LogP) is 5.45. The highest BCUT2D eigenvalue weighted by Crippen LogP contribution is 2.30. The third-order valence-electron chi connectivity index (χ3n) is 5.78. The second kappa shape index (κ2) is 11.4. The molecule has 14 heteroatoms. The summed E-state index contributed by atoms with van der Waals surface area (Å²) in [5, 5.41) is 31.9. The molecule has 0 radical (unpaired) electrons. The Bertz CT molecular complexity index is 1870. The van der Waals surface area contributed by atoms with Crippen LogP contribution in [-0.4, -0.2) is 40.4 Å². The van der Waals surface area contributed by atoms with Crippen molar-refractivity contribution in [2.45, 2.75) is 4.90 Å². The number of carboxylic acids is 1. The molecule has 206 valence electrons. The molecule has 0 aliphatic carbocycles. The summed E-state index contributed by atoms with van der Waals surface area (Å²) in [5.41, 5.74) is 3.73. The number of anilines is 2. The lowest BCUT2D eigenvalue weighted by molar-refractivity contribution is -0.384. The van der Waals surface area contributed by atoms with Gasteiger partial charge >= 0.3 is 5.97 Å². The van der Waals surface area contributed by atoms with Crippen molar-refractivity contribution < 1.29 is 23.2 Å². The number of hydrazone groups is 1. The van der Waals surface area contributed by atoms with Crippen molar-refractivity contribution in [2.24, 2.45) is 5.10 Å². The van der Waals surface area contributed by atoms with E-state index in [2.05, 4.69) is 20.3 Å². The van der Waals surface area contributed by atoms with E-state index in [0.29, 0.717) is 11.3 Å². The first-order valence-corrected chi connectivity index (χ1v) is 14.2. The summed E-state index contributed by atoms with van der Waals surface area (Å²) in [6.45, 7) is 0. The molecule has 0 aliphatic heterocycles. The first-order chi connectivity index (χ1) is 19.7. The molecule has 2 aromatic heterocycles. The minimum Gasteiger partial charge on any atom is -0.478 e. The first kappa shape index (κ1) is 27.2. The largest absolute Gasteiger partial charge is 0.478 e. The number of nitro groups is 1. The van der Waals surface area contributed by atoms with E-state index in [1.807, 2.05) is 47.8 Å². The number of benzene rings is 3. The van der Waals surface area contributed by atoms with Gasteiger partial charge in [-0.05, 0) is 47.8 Å². The zero-order valence-electron chi connectivity index (χ0n) is 20.9. The number of sulfonamides is 1. The molecule has 0 spiro atoms. The predicted molar refractivity (Wildman–Crippen MR) is 155 cm³/mol. The van der Waals surface area contributed by atoms with Gasteiger partial charge in [0.25, 0.3) is 15.7 Å². The van der Waals surface area contributed by atoms with Crippen molar-refractivity contribution in [3.8, 4) is 16.3 Å². The number of carbonyl (C=O) groups is 1. The zero-order valence-corrected chi connectivity index (χ0v) is 22.5. The van der Waals surface area contributed by atoms with Crippen LogP contribution >= 0.6 is 11.3 Å². The number of para-hydroxylation sites is 2. The Kier molecular flexibility index (Phi) is 7.58. The van der Waals surface area contributed by atoms with Crippen LogP contribution in [0.15, 0.2) is 107 Å². The van der Waals surface area contributed by atoms with Gasteiger partial charge in [0.1, 0.15) is 11.4 Å². The number of hydrogen-bond donors (Lipinski definition) is 3. The quantitative estimate of drug-likeness (QED) is 0.110. The number of nitrogens with one attached hydrogen (secondary N) is 2. The average molecular weight is 589 g/mol. The molecule has 12 nitrogen and oxygen atoms in total. The van der Waals surface area contributed by atoms with Gasteiger partial charge in [-0.3, -0.25) is 20.3 Å². The number of nitro benzene ring substituents is 1. The van der Waals surface area contributed by atoms with Gasteiger partial charge in [0.2, 0.25) is 0 Å². The van der Waals surface area contributed by atoms with Crippen LogP contribution in [0.3, 0.4) is 0 Å². The van der Waals surface area contributed by atoms with Gasteiger partial charge in [0.15, 0.2) is 0 Å². The molecule has 3 N–H and O–H groups in total. The van der Waals surface area contributed by atoms with Crippen molar-refractivity contribution in [3.63, 3.8) is 0 Å². The smallest absolute Gasteiger partial charge is 0.337 e. The monoisotopic (exact) mass is 588 g/mol. The fourth-order valence-corrected chi connectivity index (χ4v) is 5.69. The number of carboxylic acid groups (broad SMARTS) is 1. The number of hydrogen-bond acceptors (Lipinski definition) is 9. The van der Waals surface area contributed by atoms with E-state index in [0.717, 1.165) is 22.7 Å². The van der Waals surface area contributed by atoms with E-state index in [4.69, 9.17) is 0 Å². The van der Waals surface area contributed by atoms with Gasteiger partial charge in [0, 0.05) is 17.8 Å². The maximum absolute atomic E-state index is 12.9. The van der Waals surface area contributed by atoms with Crippen LogP contribution < -0.4 is 10.1 Å². The molecule has 0 aliphatic rings. The van der Waals surface area contributed by atoms with Crippen LogP contribution in [0.2, 0.25) is 0 Å². The maximum atomic E-state index is 12.9. The van der Waals surface area contributed by atoms with Crippen molar-refractivity contribution in [3.05, 3.63) is 118 Å². The van der Waals surface area contributed by atoms with Crippen LogP contribution in [0, 0.1) is 10.1 Å². The Morgan fingerprint density at radius 3 is 2.49 bits per heavy atom. The Morgan fingerprint density at radius 2 is 1.78 bits per heavy atom. The standard InChI is InChI=1S/C27H20N6O6S2/c34-27(35)21-9-4-5-10-22(21)31-41(38,39)20-12-13-23(24(15-20)33(36)37)29-28-16-18-17-32(19-7-2-1-3-8-19)30-26(18)25-11-6-14-40-25/h1-17,29,31H,(H,34,35)/b28-16-. The molecule has 5 aromatic rings. The van der Waals surface area contributed by atoms with E-state index < -0.39 is 31.5 Å². The molecule has 41 heavy (non-hydrogen) atoms. The SMILES string of the molecule is O=C(O)c1ccccc1NS(=O)(=O)c1ccc(N/N=C\c2cn(-c3ccccc3)nc2-c2cccs2)c([N+](=O)[O-])c1. The fourth-order valence-electron chi connectivity index (χ4n) is 3.86. The highest BCUT2D eigenvalue weighted by molar-refractivity contribution is 7.92. The molecule has 0 saturated carbocycles. The number of aromatic nitrogens is 2. The van der Waals surface area contributed by atoms with Crippen molar-refractivity contribution in [2.75, 3.05) is 10.1 Å². The van der Waals surface area contributed by atoms with Gasteiger partial charge in [-0.15, -0.1) is 11.3 Å². The highest BCUT2D eigenvalue weighted by Gasteiger charge is 2.23. The summed E-state index contributed by atoms with van der Waals surface area (Å²) in [6, 6.07) is 22.0. The topological polar surface area (TPSA) is 169 Å². The van der Waals surface area contributed by atoms with Crippen LogP contribution in [0.4, 0.5) is 17.1 Å². The molecule has 0 unspecified atom stereocenters. The lowest BCUT2D eigenvalue weighted by Gasteiger charge is -2.11.